The van der Waals surface area contributed by atoms with Crippen LogP contribution in [0, 0.1) is 16.7 Å². The number of benzene rings is 1. The maximum Gasteiger partial charge on any atom is 0.178 e. The van der Waals surface area contributed by atoms with Crippen molar-refractivity contribution in [2.75, 3.05) is 13.7 Å². The highest BCUT2D eigenvalue weighted by Crippen LogP contribution is 2.29. The molecule has 1 aromatic carbocycles. The molecule has 4 nitrogen and oxygen atoms in total. The number of hydrogen-bond acceptors (Lipinski definition) is 4. The molecule has 0 saturated carbocycles. The van der Waals surface area contributed by atoms with Gasteiger partial charge in [-0.3, -0.25) is 4.79 Å². The minimum absolute atomic E-state index is 0.134. The lowest BCUT2D eigenvalue weighted by Crippen LogP contribution is -2.21. The van der Waals surface area contributed by atoms with E-state index in [0.717, 1.165) is 5.56 Å². The van der Waals surface area contributed by atoms with Crippen molar-refractivity contribution in [3.05, 3.63) is 29.3 Å². The summed E-state index contributed by atoms with van der Waals surface area (Å²) in [6.07, 6.45) is 1.58. The van der Waals surface area contributed by atoms with Crippen molar-refractivity contribution in [1.82, 2.24) is 0 Å². The van der Waals surface area contributed by atoms with Crippen LogP contribution >= 0.6 is 0 Å². The van der Waals surface area contributed by atoms with Crippen molar-refractivity contribution in [3.63, 3.8) is 0 Å². The van der Waals surface area contributed by atoms with E-state index in [0.29, 0.717) is 18.1 Å². The van der Waals surface area contributed by atoms with Crippen LogP contribution in [-0.2, 0) is 4.79 Å². The summed E-state index contributed by atoms with van der Waals surface area (Å²) in [5.74, 6) is 1.03. The van der Waals surface area contributed by atoms with E-state index in [1.54, 1.807) is 52.2 Å². The average Bonchev–Trinajstić information content (AvgIpc) is 2.43. The van der Waals surface area contributed by atoms with Crippen LogP contribution in [0.1, 0.15) is 33.3 Å². The van der Waals surface area contributed by atoms with Gasteiger partial charge in [-0.05, 0) is 30.7 Å². The number of carbonyl (C=O) groups excluding carboxylic acids is 1. The van der Waals surface area contributed by atoms with Crippen LogP contribution in [0.2, 0.25) is 0 Å². The van der Waals surface area contributed by atoms with Crippen LogP contribution in [-0.4, -0.2) is 19.5 Å². The number of ether oxygens (including phenoxy) is 2. The molecule has 0 aromatic heterocycles. The number of nitrogens with zero attached hydrogens (tertiary/aromatic N) is 1. The molecule has 1 aromatic rings. The molecule has 0 saturated heterocycles. The third-order valence-electron chi connectivity index (χ3n) is 2.84. The Labute approximate surface area is 126 Å². The lowest BCUT2D eigenvalue weighted by molar-refractivity contribution is -0.121. The van der Waals surface area contributed by atoms with Crippen LogP contribution in [0.5, 0.6) is 11.5 Å². The molecule has 0 amide bonds. The van der Waals surface area contributed by atoms with E-state index in [4.69, 9.17) is 9.47 Å². The van der Waals surface area contributed by atoms with Crippen molar-refractivity contribution in [1.29, 1.82) is 5.26 Å². The first-order chi connectivity index (χ1) is 9.83. The molecule has 1 rings (SSSR count). The number of hydrogen-bond donors (Lipinski definition) is 0. The second-order valence-electron chi connectivity index (χ2n) is 5.59. The van der Waals surface area contributed by atoms with Crippen molar-refractivity contribution in [2.24, 2.45) is 5.41 Å². The van der Waals surface area contributed by atoms with Crippen molar-refractivity contribution in [2.45, 2.75) is 27.7 Å². The fraction of sp³-hybridized carbons (Fsp3) is 0.412. The van der Waals surface area contributed by atoms with Gasteiger partial charge in [0.1, 0.15) is 6.07 Å². The Morgan fingerprint density at radius 2 is 2.00 bits per heavy atom. The highest BCUT2D eigenvalue weighted by Gasteiger charge is 2.25. The van der Waals surface area contributed by atoms with Gasteiger partial charge in [0.2, 0.25) is 0 Å². The van der Waals surface area contributed by atoms with E-state index < -0.39 is 5.41 Å². The smallest absolute Gasteiger partial charge is 0.178 e. The van der Waals surface area contributed by atoms with Gasteiger partial charge >= 0.3 is 0 Å². The SMILES string of the molecule is CCOc1cc(/C=C(/C#N)C(=O)C(C)(C)C)ccc1OC. The maximum atomic E-state index is 12.2. The summed E-state index contributed by atoms with van der Waals surface area (Å²) < 4.78 is 10.7. The number of methoxy groups -OCH3 is 1. The fourth-order valence-corrected chi connectivity index (χ4v) is 1.77. The summed E-state index contributed by atoms with van der Waals surface area (Å²) in [6, 6.07) is 7.28. The van der Waals surface area contributed by atoms with Gasteiger partial charge in [-0.25, -0.2) is 0 Å². The van der Waals surface area contributed by atoms with Crippen LogP contribution < -0.4 is 9.47 Å². The quantitative estimate of drug-likeness (QED) is 0.613. The molecule has 0 radical (unpaired) electrons. The first kappa shape index (κ1) is 16.8. The van der Waals surface area contributed by atoms with Gasteiger partial charge in [-0.1, -0.05) is 26.8 Å². The molecule has 0 unspecified atom stereocenters. The van der Waals surface area contributed by atoms with E-state index in [-0.39, 0.29) is 11.4 Å². The second-order valence-corrected chi connectivity index (χ2v) is 5.59. The summed E-state index contributed by atoms with van der Waals surface area (Å²) in [7, 11) is 1.57. The predicted molar refractivity (Wildman–Crippen MR) is 82.2 cm³/mol. The monoisotopic (exact) mass is 287 g/mol. The normalized spacial score (nSPS) is 11.7. The van der Waals surface area contributed by atoms with Gasteiger partial charge < -0.3 is 9.47 Å². The zero-order valence-corrected chi connectivity index (χ0v) is 13.2. The summed E-state index contributed by atoms with van der Waals surface area (Å²) in [6.45, 7) is 7.77. The molecule has 0 aliphatic rings. The zero-order chi connectivity index (χ0) is 16.0. The Morgan fingerprint density at radius 1 is 1.33 bits per heavy atom. The van der Waals surface area contributed by atoms with Crippen molar-refractivity contribution in [3.8, 4) is 17.6 Å². The van der Waals surface area contributed by atoms with Gasteiger partial charge in [0.25, 0.3) is 0 Å². The van der Waals surface area contributed by atoms with Gasteiger partial charge in [0.05, 0.1) is 19.3 Å². The van der Waals surface area contributed by atoms with Crippen molar-refractivity contribution >= 4 is 11.9 Å². The molecule has 0 atom stereocenters. The van der Waals surface area contributed by atoms with Crippen LogP contribution in [0.15, 0.2) is 23.8 Å². The minimum Gasteiger partial charge on any atom is -0.493 e. The number of rotatable bonds is 5. The molecule has 112 valence electrons. The summed E-state index contributed by atoms with van der Waals surface area (Å²) >= 11 is 0. The van der Waals surface area contributed by atoms with Crippen LogP contribution in [0.3, 0.4) is 0 Å². The summed E-state index contributed by atoms with van der Waals surface area (Å²) in [5.41, 5.74) is 0.278. The van der Waals surface area contributed by atoms with E-state index in [9.17, 15) is 10.1 Å². The zero-order valence-electron chi connectivity index (χ0n) is 13.2. The molecule has 0 bridgehead atoms. The van der Waals surface area contributed by atoms with Gasteiger partial charge in [0.15, 0.2) is 17.3 Å². The van der Waals surface area contributed by atoms with Gasteiger partial charge in [-0.2, -0.15) is 5.26 Å². The summed E-state index contributed by atoms with van der Waals surface area (Å²) in [5, 5.41) is 9.20. The average molecular weight is 287 g/mol. The Balaban J connectivity index is 3.21. The molecule has 0 fully saturated rings. The topological polar surface area (TPSA) is 59.3 Å². The van der Waals surface area contributed by atoms with Gasteiger partial charge in [-0.15, -0.1) is 0 Å². The Hall–Kier alpha value is -2.28. The first-order valence-corrected chi connectivity index (χ1v) is 6.81. The molecule has 0 aliphatic carbocycles. The van der Waals surface area contributed by atoms with Crippen LogP contribution in [0.25, 0.3) is 6.08 Å². The first-order valence-electron chi connectivity index (χ1n) is 6.81. The standard InChI is InChI=1S/C17H21NO3/c1-6-21-15-10-12(7-8-14(15)20-5)9-13(11-18)16(19)17(2,3)4/h7-10H,6H2,1-5H3/b13-9-. The molecule has 0 aliphatic heterocycles. The highest BCUT2D eigenvalue weighted by atomic mass is 16.5. The number of carbonyl (C=O) groups is 1. The third-order valence-corrected chi connectivity index (χ3v) is 2.84. The third kappa shape index (κ3) is 4.35. The second kappa shape index (κ2) is 6.94. The number of allylic oxidation sites excluding steroid dienone is 1. The van der Waals surface area contributed by atoms with Crippen molar-refractivity contribution < 1.29 is 14.3 Å². The van der Waals surface area contributed by atoms with Crippen LogP contribution in [0.4, 0.5) is 0 Å². The maximum absolute atomic E-state index is 12.2. The molecule has 21 heavy (non-hydrogen) atoms. The highest BCUT2D eigenvalue weighted by molar-refractivity contribution is 6.06. The minimum atomic E-state index is -0.587. The lowest BCUT2D eigenvalue weighted by atomic mass is 9.86. The largest absolute Gasteiger partial charge is 0.493 e. The molecular weight excluding hydrogens is 266 g/mol. The fourth-order valence-electron chi connectivity index (χ4n) is 1.77. The van der Waals surface area contributed by atoms with E-state index in [2.05, 4.69) is 0 Å². The summed E-state index contributed by atoms with van der Waals surface area (Å²) in [4.78, 5) is 12.2. The lowest BCUT2D eigenvalue weighted by Gasteiger charge is -2.15. The number of ketones is 1. The van der Waals surface area contributed by atoms with E-state index >= 15 is 0 Å². The molecule has 0 heterocycles. The molecule has 4 heteroatoms. The molecule has 0 spiro atoms. The number of nitriles is 1. The van der Waals surface area contributed by atoms with E-state index in [1.807, 2.05) is 13.0 Å². The molecular formula is C17H21NO3. The van der Waals surface area contributed by atoms with Gasteiger partial charge in [0, 0.05) is 5.41 Å². The molecule has 0 N–H and O–H groups in total. The Morgan fingerprint density at radius 3 is 2.48 bits per heavy atom. The van der Waals surface area contributed by atoms with E-state index in [1.165, 1.54) is 0 Å². The Bertz CT molecular complexity index is 589. The predicted octanol–water partition coefficient (Wildman–Crippen LogP) is 3.62. The number of Topliss-reactive ketones (excluding diaryl/α,β-unsaturated/α-hetero) is 1. The Kier molecular flexibility index (Phi) is 5.54.